The average molecular weight is 384 g/mol. The van der Waals surface area contributed by atoms with E-state index in [4.69, 9.17) is 0 Å². The molecule has 1 atom stereocenters. The van der Waals surface area contributed by atoms with Gasteiger partial charge in [-0.2, -0.15) is 9.36 Å². The Labute approximate surface area is 158 Å². The molecule has 3 heterocycles. The van der Waals surface area contributed by atoms with Gasteiger partial charge < -0.3 is 4.90 Å². The molecule has 1 saturated heterocycles. The van der Waals surface area contributed by atoms with Crippen molar-refractivity contribution in [3.63, 3.8) is 0 Å². The van der Waals surface area contributed by atoms with Gasteiger partial charge in [-0.25, -0.2) is 0 Å². The van der Waals surface area contributed by atoms with Gasteiger partial charge in [0.1, 0.15) is 6.04 Å². The number of likely N-dealkylation sites (tertiary alicyclic amines) is 1. The molecule has 0 aliphatic carbocycles. The second-order valence-electron chi connectivity index (χ2n) is 5.91. The lowest BCUT2D eigenvalue weighted by molar-refractivity contribution is -0.119. The molecule has 8 heteroatoms. The largest absolute Gasteiger partial charge is 0.326 e. The molecule has 1 aliphatic rings. The summed E-state index contributed by atoms with van der Waals surface area (Å²) >= 11 is 2.54. The van der Waals surface area contributed by atoms with E-state index in [1.807, 2.05) is 41.8 Å². The number of hydrogen-bond acceptors (Lipinski definition) is 6. The van der Waals surface area contributed by atoms with E-state index in [9.17, 15) is 9.59 Å². The molecule has 6 nitrogen and oxygen atoms in total. The molecule has 132 valence electrons. The Morgan fingerprint density at radius 2 is 2.00 bits per heavy atom. The fraction of sp³-hybridized carbons (Fsp3) is 0.222. The highest BCUT2D eigenvalue weighted by molar-refractivity contribution is 7.12. The number of nitrogens with one attached hydrogen (secondary N) is 1. The predicted octanol–water partition coefficient (Wildman–Crippen LogP) is 3.51. The molecule has 0 saturated carbocycles. The minimum Gasteiger partial charge on any atom is -0.326 e. The zero-order valence-corrected chi connectivity index (χ0v) is 15.4. The van der Waals surface area contributed by atoms with Crippen molar-refractivity contribution in [3.8, 4) is 11.4 Å². The fourth-order valence-electron chi connectivity index (χ4n) is 2.99. The standard InChI is InChI=1S/C18H16N4O2S2/c23-16(13-8-4-10-22(13)17(24)14-9-5-11-25-14)20-18-19-15(21-26-18)12-6-2-1-3-7-12/h1-3,5-7,9,11,13H,4,8,10H2,(H,19,20,21,23)/t13-/m0/s1. The fourth-order valence-corrected chi connectivity index (χ4v) is 4.26. The van der Waals surface area contributed by atoms with Crippen molar-refractivity contribution in [1.82, 2.24) is 14.3 Å². The minimum atomic E-state index is -0.464. The van der Waals surface area contributed by atoms with Crippen LogP contribution in [0.1, 0.15) is 22.5 Å². The van der Waals surface area contributed by atoms with E-state index < -0.39 is 6.04 Å². The molecule has 0 radical (unpaired) electrons. The molecular weight excluding hydrogens is 368 g/mol. The van der Waals surface area contributed by atoms with Crippen molar-refractivity contribution in [2.24, 2.45) is 0 Å². The molecule has 1 aromatic carbocycles. The maximum Gasteiger partial charge on any atom is 0.264 e. The molecule has 2 aromatic heterocycles. The van der Waals surface area contributed by atoms with Crippen LogP contribution < -0.4 is 5.32 Å². The van der Waals surface area contributed by atoms with Crippen LogP contribution in [0.4, 0.5) is 5.13 Å². The number of thiophene rings is 1. The monoisotopic (exact) mass is 384 g/mol. The van der Waals surface area contributed by atoms with Crippen LogP contribution in [0.3, 0.4) is 0 Å². The summed E-state index contributed by atoms with van der Waals surface area (Å²) in [4.78, 5) is 32.0. The van der Waals surface area contributed by atoms with Crippen molar-refractivity contribution >= 4 is 39.8 Å². The molecule has 2 amide bonds. The molecule has 3 aromatic rings. The number of carbonyl (C=O) groups is 2. The van der Waals surface area contributed by atoms with E-state index in [-0.39, 0.29) is 11.8 Å². The SMILES string of the molecule is O=C(Nc1nc(-c2ccccc2)ns1)[C@@H]1CCCN1C(=O)c1cccs1. The van der Waals surface area contributed by atoms with Gasteiger partial charge in [0, 0.05) is 23.6 Å². The summed E-state index contributed by atoms with van der Waals surface area (Å²) in [6.45, 7) is 0.597. The molecule has 4 rings (SSSR count). The van der Waals surface area contributed by atoms with Gasteiger partial charge in [0.05, 0.1) is 4.88 Å². The molecule has 1 N–H and O–H groups in total. The van der Waals surface area contributed by atoms with Gasteiger partial charge in [-0.1, -0.05) is 36.4 Å². The summed E-state index contributed by atoms with van der Waals surface area (Å²) in [5, 5.41) is 5.13. The second-order valence-corrected chi connectivity index (χ2v) is 7.61. The second kappa shape index (κ2) is 7.35. The van der Waals surface area contributed by atoms with Gasteiger partial charge in [-0.15, -0.1) is 11.3 Å². The summed E-state index contributed by atoms with van der Waals surface area (Å²) < 4.78 is 4.30. The summed E-state index contributed by atoms with van der Waals surface area (Å²) in [7, 11) is 0. The van der Waals surface area contributed by atoms with Gasteiger partial charge in [0.2, 0.25) is 11.0 Å². The van der Waals surface area contributed by atoms with Crippen molar-refractivity contribution < 1.29 is 9.59 Å². The lowest BCUT2D eigenvalue weighted by atomic mass is 10.2. The number of rotatable bonds is 4. The summed E-state index contributed by atoms with van der Waals surface area (Å²) in [6, 6.07) is 12.8. The van der Waals surface area contributed by atoms with E-state index >= 15 is 0 Å². The summed E-state index contributed by atoms with van der Waals surface area (Å²) in [5.74, 6) is 0.298. The van der Waals surface area contributed by atoms with Crippen LogP contribution in [0, 0.1) is 0 Å². The maximum atomic E-state index is 12.7. The molecule has 0 bridgehead atoms. The van der Waals surface area contributed by atoms with Gasteiger partial charge >= 0.3 is 0 Å². The third-order valence-electron chi connectivity index (χ3n) is 4.24. The van der Waals surface area contributed by atoms with E-state index in [2.05, 4.69) is 14.7 Å². The average Bonchev–Trinajstić information content (AvgIpc) is 3.42. The van der Waals surface area contributed by atoms with Gasteiger partial charge in [0.15, 0.2) is 5.82 Å². The molecular formula is C18H16N4O2S2. The smallest absolute Gasteiger partial charge is 0.264 e. The van der Waals surface area contributed by atoms with Crippen LogP contribution in [0.15, 0.2) is 47.8 Å². The highest BCUT2D eigenvalue weighted by atomic mass is 32.1. The molecule has 1 fully saturated rings. The van der Waals surface area contributed by atoms with E-state index in [1.54, 1.807) is 11.0 Å². The Hall–Kier alpha value is -2.58. The number of benzene rings is 1. The van der Waals surface area contributed by atoms with Crippen molar-refractivity contribution in [3.05, 3.63) is 52.7 Å². The van der Waals surface area contributed by atoms with Crippen molar-refractivity contribution in [2.75, 3.05) is 11.9 Å². The normalized spacial score (nSPS) is 16.6. The molecule has 26 heavy (non-hydrogen) atoms. The van der Waals surface area contributed by atoms with Crippen LogP contribution in [-0.2, 0) is 4.79 Å². The third-order valence-corrected chi connectivity index (χ3v) is 5.72. The Kier molecular flexibility index (Phi) is 4.77. The number of aromatic nitrogens is 2. The first-order valence-corrected chi connectivity index (χ1v) is 9.92. The Bertz CT molecular complexity index is 908. The quantitative estimate of drug-likeness (QED) is 0.747. The summed E-state index contributed by atoms with van der Waals surface area (Å²) in [6.07, 6.45) is 1.48. The lowest BCUT2D eigenvalue weighted by Gasteiger charge is -2.22. The first kappa shape index (κ1) is 16.9. The topological polar surface area (TPSA) is 75.2 Å². The van der Waals surface area contributed by atoms with Crippen LogP contribution in [0.2, 0.25) is 0 Å². The van der Waals surface area contributed by atoms with Gasteiger partial charge in [0.25, 0.3) is 5.91 Å². The van der Waals surface area contributed by atoms with Gasteiger partial charge in [-0.05, 0) is 24.3 Å². The number of carbonyl (C=O) groups excluding carboxylic acids is 2. The van der Waals surface area contributed by atoms with Crippen molar-refractivity contribution in [1.29, 1.82) is 0 Å². The van der Waals surface area contributed by atoms with Gasteiger partial charge in [-0.3, -0.25) is 14.9 Å². The molecule has 0 spiro atoms. The first-order chi connectivity index (χ1) is 12.7. The zero-order chi connectivity index (χ0) is 17.9. The van der Waals surface area contributed by atoms with E-state index in [0.29, 0.717) is 28.8 Å². The van der Waals surface area contributed by atoms with Crippen molar-refractivity contribution in [2.45, 2.75) is 18.9 Å². The number of hydrogen-bond donors (Lipinski definition) is 1. The molecule has 1 aliphatic heterocycles. The third kappa shape index (κ3) is 3.38. The van der Waals surface area contributed by atoms with Crippen LogP contribution >= 0.6 is 22.9 Å². The van der Waals surface area contributed by atoms with E-state index in [0.717, 1.165) is 23.5 Å². The predicted molar refractivity (Wildman–Crippen MR) is 102 cm³/mol. The lowest BCUT2D eigenvalue weighted by Crippen LogP contribution is -2.42. The highest BCUT2D eigenvalue weighted by Gasteiger charge is 2.35. The minimum absolute atomic E-state index is 0.0834. The van der Waals surface area contributed by atoms with Crippen LogP contribution in [0.25, 0.3) is 11.4 Å². The Morgan fingerprint density at radius 3 is 2.77 bits per heavy atom. The van der Waals surface area contributed by atoms with E-state index in [1.165, 1.54) is 11.3 Å². The Balaban J connectivity index is 1.46. The highest BCUT2D eigenvalue weighted by Crippen LogP contribution is 2.25. The number of nitrogens with zero attached hydrogens (tertiary/aromatic N) is 3. The maximum absolute atomic E-state index is 12.7. The molecule has 0 unspecified atom stereocenters. The number of amides is 2. The number of anilines is 1. The Morgan fingerprint density at radius 1 is 1.15 bits per heavy atom. The summed E-state index contributed by atoms with van der Waals surface area (Å²) in [5.41, 5.74) is 0.902. The van der Waals surface area contributed by atoms with Crippen LogP contribution in [0.5, 0.6) is 0 Å². The zero-order valence-electron chi connectivity index (χ0n) is 13.8. The first-order valence-electron chi connectivity index (χ1n) is 8.27. The van der Waals surface area contributed by atoms with Crippen LogP contribution in [-0.4, -0.2) is 38.7 Å².